The number of anilines is 1. The van der Waals surface area contributed by atoms with E-state index < -0.39 is 11.9 Å². The molecule has 0 saturated carbocycles. The highest BCUT2D eigenvalue weighted by molar-refractivity contribution is 7.22. The van der Waals surface area contributed by atoms with Crippen LogP contribution in [0.2, 0.25) is 0 Å². The Labute approximate surface area is 126 Å². The smallest absolute Gasteiger partial charge is 0.323 e. The van der Waals surface area contributed by atoms with Crippen LogP contribution in [0.4, 0.5) is 9.93 Å². The van der Waals surface area contributed by atoms with E-state index in [1.807, 2.05) is 31.2 Å². The molecule has 0 spiro atoms. The molecule has 1 unspecified atom stereocenters. The summed E-state index contributed by atoms with van der Waals surface area (Å²) in [6.45, 7) is 4.00. The Morgan fingerprint density at radius 2 is 2.14 bits per heavy atom. The number of carboxylic acids is 1. The summed E-state index contributed by atoms with van der Waals surface area (Å²) in [5.41, 5.74) is 0.833. The van der Waals surface area contributed by atoms with Gasteiger partial charge < -0.3 is 10.0 Å². The zero-order chi connectivity index (χ0) is 15.4. The van der Waals surface area contributed by atoms with Crippen LogP contribution in [0.5, 0.6) is 0 Å². The van der Waals surface area contributed by atoms with Crippen LogP contribution >= 0.6 is 11.3 Å². The predicted molar refractivity (Wildman–Crippen MR) is 82.7 cm³/mol. The summed E-state index contributed by atoms with van der Waals surface area (Å²) < 4.78 is 0.995. The van der Waals surface area contributed by atoms with Gasteiger partial charge in [-0.05, 0) is 19.1 Å². The highest BCUT2D eigenvalue weighted by atomic mass is 32.1. The molecule has 1 heterocycles. The minimum Gasteiger partial charge on any atom is -0.481 e. The van der Waals surface area contributed by atoms with E-state index >= 15 is 0 Å². The van der Waals surface area contributed by atoms with E-state index in [9.17, 15) is 9.59 Å². The van der Waals surface area contributed by atoms with Gasteiger partial charge in [0.05, 0.1) is 16.1 Å². The number of carbonyl (C=O) groups excluding carboxylic acids is 1. The molecule has 0 aliphatic rings. The Morgan fingerprint density at radius 3 is 2.76 bits per heavy atom. The molecule has 0 saturated heterocycles. The van der Waals surface area contributed by atoms with Gasteiger partial charge in [-0.3, -0.25) is 10.1 Å². The fraction of sp³-hybridized carbons (Fsp3) is 0.357. The van der Waals surface area contributed by atoms with E-state index in [-0.39, 0.29) is 12.6 Å². The average molecular weight is 307 g/mol. The van der Waals surface area contributed by atoms with Crippen molar-refractivity contribution in [2.75, 3.05) is 18.4 Å². The quantitative estimate of drug-likeness (QED) is 0.889. The van der Waals surface area contributed by atoms with Crippen LogP contribution in [0, 0.1) is 5.92 Å². The van der Waals surface area contributed by atoms with Crippen LogP contribution in [-0.4, -0.2) is 40.1 Å². The molecular formula is C14H17N3O3S. The van der Waals surface area contributed by atoms with E-state index in [0.717, 1.165) is 10.2 Å². The van der Waals surface area contributed by atoms with Gasteiger partial charge >= 0.3 is 12.0 Å². The van der Waals surface area contributed by atoms with E-state index in [0.29, 0.717) is 11.7 Å². The first-order chi connectivity index (χ1) is 10.0. The number of hydrogen-bond donors (Lipinski definition) is 2. The molecule has 6 nitrogen and oxygen atoms in total. The second-order valence-corrected chi connectivity index (χ2v) is 5.73. The molecule has 0 fully saturated rings. The van der Waals surface area contributed by atoms with E-state index in [4.69, 9.17) is 5.11 Å². The summed E-state index contributed by atoms with van der Waals surface area (Å²) in [5.74, 6) is -1.52. The third-order valence-electron chi connectivity index (χ3n) is 3.09. The number of nitrogens with one attached hydrogen (secondary N) is 1. The van der Waals surface area contributed by atoms with Gasteiger partial charge in [0.1, 0.15) is 0 Å². The van der Waals surface area contributed by atoms with Crippen molar-refractivity contribution in [2.24, 2.45) is 5.92 Å². The van der Waals surface area contributed by atoms with Gasteiger partial charge in [0.2, 0.25) is 0 Å². The minimum atomic E-state index is -0.916. The molecule has 112 valence electrons. The van der Waals surface area contributed by atoms with Crippen LogP contribution in [0.15, 0.2) is 24.3 Å². The molecule has 1 atom stereocenters. The summed E-state index contributed by atoms with van der Waals surface area (Å²) in [6, 6.07) is 7.29. The molecule has 0 aliphatic heterocycles. The van der Waals surface area contributed by atoms with Crippen LogP contribution < -0.4 is 5.32 Å². The van der Waals surface area contributed by atoms with Gasteiger partial charge in [-0.1, -0.05) is 30.4 Å². The monoisotopic (exact) mass is 307 g/mol. The molecule has 2 rings (SSSR count). The molecular weight excluding hydrogens is 290 g/mol. The first kappa shape index (κ1) is 15.2. The van der Waals surface area contributed by atoms with Crippen molar-refractivity contribution < 1.29 is 14.7 Å². The Bertz CT molecular complexity index is 623. The molecule has 1 aromatic heterocycles. The third-order valence-corrected chi connectivity index (χ3v) is 4.04. The number of benzene rings is 1. The van der Waals surface area contributed by atoms with Crippen LogP contribution in [0.25, 0.3) is 10.2 Å². The van der Waals surface area contributed by atoms with Gasteiger partial charge in [0.25, 0.3) is 0 Å². The fourth-order valence-electron chi connectivity index (χ4n) is 1.86. The molecule has 1 aromatic carbocycles. The summed E-state index contributed by atoms with van der Waals surface area (Å²) >= 11 is 1.39. The molecule has 0 aliphatic carbocycles. The maximum atomic E-state index is 12.2. The van der Waals surface area contributed by atoms with Gasteiger partial charge in [-0.15, -0.1) is 0 Å². The van der Waals surface area contributed by atoms with Crippen LogP contribution in [0.3, 0.4) is 0 Å². The lowest BCUT2D eigenvalue weighted by Crippen LogP contribution is -2.39. The summed E-state index contributed by atoms with van der Waals surface area (Å²) in [5, 5.41) is 12.2. The zero-order valence-corrected chi connectivity index (χ0v) is 12.7. The Kier molecular flexibility index (Phi) is 4.74. The molecule has 7 heteroatoms. The summed E-state index contributed by atoms with van der Waals surface area (Å²) in [6.07, 6.45) is 0. The van der Waals surface area contributed by atoms with Crippen molar-refractivity contribution in [3.05, 3.63) is 24.3 Å². The van der Waals surface area contributed by atoms with Crippen molar-refractivity contribution in [3.63, 3.8) is 0 Å². The molecule has 21 heavy (non-hydrogen) atoms. The number of carbonyl (C=O) groups is 2. The summed E-state index contributed by atoms with van der Waals surface area (Å²) in [4.78, 5) is 28.8. The van der Waals surface area contributed by atoms with Gasteiger partial charge in [0.15, 0.2) is 5.13 Å². The van der Waals surface area contributed by atoms with Crippen molar-refractivity contribution in [2.45, 2.75) is 13.8 Å². The van der Waals surface area contributed by atoms with Crippen LogP contribution in [0.1, 0.15) is 13.8 Å². The number of amides is 2. The standard InChI is InChI=1S/C14H17N3O3S/c1-3-17(8-9(2)12(18)19)14(20)16-13-15-10-6-4-5-7-11(10)21-13/h4-7,9H,3,8H2,1-2H3,(H,18,19)(H,15,16,20). The van der Waals surface area contributed by atoms with Crippen molar-refractivity contribution in [3.8, 4) is 0 Å². The minimum absolute atomic E-state index is 0.169. The molecule has 0 bridgehead atoms. The lowest BCUT2D eigenvalue weighted by atomic mass is 10.2. The average Bonchev–Trinajstić information content (AvgIpc) is 2.86. The lowest BCUT2D eigenvalue weighted by molar-refractivity contribution is -0.141. The lowest BCUT2D eigenvalue weighted by Gasteiger charge is -2.22. The van der Waals surface area contributed by atoms with E-state index in [2.05, 4.69) is 10.3 Å². The van der Waals surface area contributed by atoms with Crippen molar-refractivity contribution in [1.29, 1.82) is 0 Å². The highest BCUT2D eigenvalue weighted by Crippen LogP contribution is 2.25. The molecule has 2 N–H and O–H groups in total. The molecule has 0 radical (unpaired) electrons. The third kappa shape index (κ3) is 3.69. The number of thiazole rings is 1. The number of fused-ring (bicyclic) bond motifs is 1. The van der Waals surface area contributed by atoms with Gasteiger partial charge in [-0.2, -0.15) is 0 Å². The number of nitrogens with zero attached hydrogens (tertiary/aromatic N) is 2. The second-order valence-electron chi connectivity index (χ2n) is 4.69. The van der Waals surface area contributed by atoms with Crippen molar-refractivity contribution >= 4 is 38.7 Å². The number of rotatable bonds is 5. The van der Waals surface area contributed by atoms with Crippen molar-refractivity contribution in [1.82, 2.24) is 9.88 Å². The van der Waals surface area contributed by atoms with E-state index in [1.165, 1.54) is 16.2 Å². The van der Waals surface area contributed by atoms with Crippen LogP contribution in [-0.2, 0) is 4.79 Å². The van der Waals surface area contributed by atoms with E-state index in [1.54, 1.807) is 6.92 Å². The molecule has 2 aromatic rings. The number of aliphatic carboxylic acids is 1. The largest absolute Gasteiger partial charge is 0.481 e. The normalized spacial score (nSPS) is 12.1. The Hall–Kier alpha value is -2.15. The Morgan fingerprint density at radius 1 is 1.43 bits per heavy atom. The van der Waals surface area contributed by atoms with Gasteiger partial charge in [0, 0.05) is 13.1 Å². The SMILES string of the molecule is CCN(CC(C)C(=O)O)C(=O)Nc1nc2ccccc2s1. The van der Waals surface area contributed by atoms with Gasteiger partial charge in [-0.25, -0.2) is 9.78 Å². The number of hydrogen-bond acceptors (Lipinski definition) is 4. The zero-order valence-electron chi connectivity index (χ0n) is 11.9. The number of carboxylic acid groups (broad SMARTS) is 1. The second kappa shape index (κ2) is 6.53. The molecule has 2 amide bonds. The topological polar surface area (TPSA) is 82.5 Å². The predicted octanol–water partition coefficient (Wildman–Crippen LogP) is 2.87. The first-order valence-corrected chi connectivity index (χ1v) is 7.47. The maximum absolute atomic E-state index is 12.2. The summed E-state index contributed by atoms with van der Waals surface area (Å²) in [7, 11) is 0. The Balaban J connectivity index is 2.06. The maximum Gasteiger partial charge on any atom is 0.323 e. The fourth-order valence-corrected chi connectivity index (χ4v) is 2.72. The highest BCUT2D eigenvalue weighted by Gasteiger charge is 2.20. The number of aromatic nitrogens is 1. The first-order valence-electron chi connectivity index (χ1n) is 6.65. The number of urea groups is 1. The number of para-hydroxylation sites is 1.